The molecule has 45 atom stereocenters. The van der Waals surface area contributed by atoms with Gasteiger partial charge in [-0.1, -0.05) is 27.7 Å². The molecule has 101 heavy (non-hydrogen) atoms. The van der Waals surface area contributed by atoms with Gasteiger partial charge in [-0.3, -0.25) is 0 Å². The van der Waals surface area contributed by atoms with Gasteiger partial charge >= 0.3 is 0 Å². The van der Waals surface area contributed by atoms with E-state index in [1.54, 1.807) is 0 Å². The number of fused-ring (bicyclic) bond motifs is 7. The molecule has 0 bridgehead atoms. The molecular formula is C66H108O35. The molecule has 13 aliphatic rings. The predicted octanol–water partition coefficient (Wildman–Crippen LogP) is -7.52. The molecule has 4 saturated carbocycles. The summed E-state index contributed by atoms with van der Waals surface area (Å²) in [6.07, 6.45) is -53.7. The molecule has 9 heterocycles. The summed E-state index contributed by atoms with van der Waals surface area (Å²) in [5, 5.41) is 212. The Morgan fingerprint density at radius 2 is 0.970 bits per heavy atom. The van der Waals surface area contributed by atoms with E-state index >= 15 is 0 Å². The number of rotatable bonds is 18. The molecule has 0 aromatic carbocycles. The maximum Gasteiger partial charge on any atom is 0.187 e. The lowest BCUT2D eigenvalue weighted by Crippen LogP contribution is -2.69. The van der Waals surface area contributed by atoms with E-state index in [2.05, 4.69) is 27.7 Å². The lowest BCUT2D eigenvalue weighted by Gasteiger charge is -2.62. The molecule has 4 aliphatic carbocycles. The lowest BCUT2D eigenvalue weighted by atomic mass is 9.44. The van der Waals surface area contributed by atoms with Crippen LogP contribution in [-0.4, -0.2) is 364 Å². The zero-order chi connectivity index (χ0) is 72.4. The van der Waals surface area contributed by atoms with Crippen molar-refractivity contribution in [1.82, 2.24) is 0 Å². The Kier molecular flexibility index (Phi) is 23.7. The van der Waals surface area contributed by atoms with Crippen molar-refractivity contribution in [2.75, 3.05) is 46.2 Å². The van der Waals surface area contributed by atoms with E-state index in [1.807, 2.05) is 0 Å². The Balaban J connectivity index is 0.737. The van der Waals surface area contributed by atoms with Crippen LogP contribution in [0.3, 0.4) is 0 Å². The van der Waals surface area contributed by atoms with E-state index in [0.717, 1.165) is 44.9 Å². The van der Waals surface area contributed by atoms with Crippen molar-refractivity contribution >= 4 is 0 Å². The largest absolute Gasteiger partial charge is 0.394 e. The molecule has 0 aromatic heterocycles. The van der Waals surface area contributed by atoms with Crippen LogP contribution in [0.25, 0.3) is 0 Å². The van der Waals surface area contributed by atoms with Crippen LogP contribution in [0.2, 0.25) is 0 Å². The van der Waals surface area contributed by atoms with E-state index in [-0.39, 0.29) is 34.7 Å². The van der Waals surface area contributed by atoms with Crippen LogP contribution in [0.4, 0.5) is 0 Å². The van der Waals surface area contributed by atoms with Gasteiger partial charge in [0.15, 0.2) is 49.8 Å². The van der Waals surface area contributed by atoms with Crippen LogP contribution in [-0.2, 0) is 75.8 Å². The third kappa shape index (κ3) is 14.2. The SMILES string of the molecule is C[C@H]1CC[C@@]2(OC1)O[C@H]1C[C@H]3[C@@H]4CC[C@H]5C[C@@H](O[C@@H]6O[C@H](CO)[C@H](O[C@@H]7O[C@H](CO)[C@@H](O)[C@H](O[C@@H]8OC[C@@H](O)[C@H](O[C@@H]9O[C@H](CO[C@@H]%10O[C@@H](CO)[C@H](O)[C@H]%10O)[C@@H](O)[C@H](O)[C@H]9O)[C@H]8O)[C@H]7O[C@@H]7OC[C@H](O)[C@H](O)[C@H]7O)[C@H](O)[C@H]6O[C@@H]6O[C@@H](C)[C@H](O)[C@@H](O)[C@H]6O)[C@H](O)C[C@]5(C)[C@H]4CC[C@]3(C)[C@H]1[C@@H]2C. The summed E-state index contributed by atoms with van der Waals surface area (Å²) in [6.45, 7) is 6.52. The van der Waals surface area contributed by atoms with Crippen LogP contribution >= 0.6 is 0 Å². The number of aliphatic hydroxyl groups excluding tert-OH is 19. The number of ether oxygens (including phenoxy) is 16. The first-order valence-electron chi connectivity index (χ1n) is 36.0. The molecule has 9 saturated heterocycles. The fraction of sp³-hybridized carbons (Fsp3) is 1.00. The Labute approximate surface area is 582 Å². The minimum Gasteiger partial charge on any atom is -0.394 e. The molecule has 13 rings (SSSR count). The van der Waals surface area contributed by atoms with Crippen molar-refractivity contribution in [3.8, 4) is 0 Å². The quantitative estimate of drug-likeness (QED) is 0.0567. The average molecular weight is 1460 g/mol. The Morgan fingerprint density at radius 3 is 1.65 bits per heavy atom. The summed E-state index contributed by atoms with van der Waals surface area (Å²) in [4.78, 5) is 0. The highest BCUT2D eigenvalue weighted by atomic mass is 16.8. The minimum atomic E-state index is -2.19. The first-order chi connectivity index (χ1) is 47.9. The van der Waals surface area contributed by atoms with Crippen molar-refractivity contribution in [1.29, 1.82) is 0 Å². The van der Waals surface area contributed by atoms with Crippen molar-refractivity contribution in [3.05, 3.63) is 0 Å². The van der Waals surface area contributed by atoms with Crippen LogP contribution < -0.4 is 0 Å². The zero-order valence-corrected chi connectivity index (χ0v) is 57.1. The first kappa shape index (κ1) is 77.7. The van der Waals surface area contributed by atoms with Gasteiger partial charge in [-0.15, -0.1) is 0 Å². The maximum atomic E-state index is 12.9. The van der Waals surface area contributed by atoms with Crippen LogP contribution in [0.15, 0.2) is 0 Å². The van der Waals surface area contributed by atoms with Crippen LogP contribution in [0, 0.1) is 52.3 Å². The van der Waals surface area contributed by atoms with Gasteiger partial charge in [0.05, 0.1) is 70.7 Å². The number of hydrogen-bond acceptors (Lipinski definition) is 35. The van der Waals surface area contributed by atoms with Gasteiger partial charge in [-0.05, 0) is 105 Å². The van der Waals surface area contributed by atoms with Crippen molar-refractivity contribution in [2.24, 2.45) is 52.3 Å². The van der Waals surface area contributed by atoms with Gasteiger partial charge in [-0.2, -0.15) is 0 Å². The highest BCUT2D eigenvalue weighted by molar-refractivity contribution is 5.16. The fourth-order valence-corrected chi connectivity index (χ4v) is 19.7. The standard InChI is InChI=1S/C66H108O35/c1-22-8-11-66(89-18-22)23(2)38-33(101-66)13-28-26-7-6-25-12-32(29(70)14-65(25,5)27(26)9-10-64(28,38)4)91-62-55(99-60-48(82)44(78)39(73)24(3)90-60)50(84)53(36(17-69)94-62)97-63-56(100-58-46(80)40(74)30(71)19-86-58)54(43(77)35(16-68)93-63)98-59-51(85)52(31(72)20-87-59)96-61-49(83)45(79)42(76)37(95-61)21-88-57-47(81)41(75)34(15-67)92-57/h22-63,67-85H,6-21H2,1-5H3/t22-,23-,24-,25-,26+,27-,28-,29+,30-,31+,32+,33-,34-,35+,36+,37+,38-,39-,40-,41-,42+,43+,44+,45-,46+,47+,48+,49+,50-,51+,52-,53-,54-,55+,56+,57+,58-,59-,60-,61-,62+,63-,64-,65-,66+/m0/s1. The van der Waals surface area contributed by atoms with E-state index in [9.17, 15) is 97.0 Å². The molecule has 13 fully saturated rings. The normalized spacial score (nSPS) is 57.6. The summed E-state index contributed by atoms with van der Waals surface area (Å²) < 4.78 is 98.0. The Morgan fingerprint density at radius 1 is 0.406 bits per heavy atom. The van der Waals surface area contributed by atoms with Gasteiger partial charge in [0.25, 0.3) is 0 Å². The molecule has 0 amide bonds. The third-order valence-electron chi connectivity index (χ3n) is 25.6. The first-order valence-corrected chi connectivity index (χ1v) is 36.0. The van der Waals surface area contributed by atoms with Crippen molar-refractivity contribution in [2.45, 2.75) is 313 Å². The zero-order valence-electron chi connectivity index (χ0n) is 57.1. The van der Waals surface area contributed by atoms with Gasteiger partial charge in [0.2, 0.25) is 0 Å². The Hall–Kier alpha value is -1.40. The molecule has 19 N–H and O–H groups in total. The van der Waals surface area contributed by atoms with Gasteiger partial charge in [-0.25, -0.2) is 0 Å². The second-order valence-electron chi connectivity index (χ2n) is 31.5. The molecular weight excluding hydrogens is 1350 g/mol. The van der Waals surface area contributed by atoms with Gasteiger partial charge < -0.3 is 173 Å². The van der Waals surface area contributed by atoms with Crippen molar-refractivity contribution in [3.63, 3.8) is 0 Å². The second kappa shape index (κ2) is 30.8. The van der Waals surface area contributed by atoms with Crippen molar-refractivity contribution < 1.29 is 173 Å². The smallest absolute Gasteiger partial charge is 0.187 e. The van der Waals surface area contributed by atoms with E-state index in [4.69, 9.17) is 75.8 Å². The summed E-state index contributed by atoms with van der Waals surface area (Å²) in [5.41, 5.74) is -0.279. The molecule has 35 nitrogen and oxygen atoms in total. The summed E-state index contributed by atoms with van der Waals surface area (Å²) >= 11 is 0. The Bertz CT molecular complexity index is 2710. The molecule has 9 aliphatic heterocycles. The predicted molar refractivity (Wildman–Crippen MR) is 328 cm³/mol. The highest BCUT2D eigenvalue weighted by Gasteiger charge is 2.70. The fourth-order valence-electron chi connectivity index (χ4n) is 19.7. The monoisotopic (exact) mass is 1460 g/mol. The van der Waals surface area contributed by atoms with E-state index in [1.165, 1.54) is 6.92 Å². The number of aliphatic hydroxyl groups is 19. The third-order valence-corrected chi connectivity index (χ3v) is 25.6. The minimum absolute atomic E-state index is 0.0401. The van der Waals surface area contributed by atoms with Gasteiger partial charge in [0.1, 0.15) is 146 Å². The molecule has 35 heteroatoms. The molecule has 0 unspecified atom stereocenters. The second-order valence-corrected chi connectivity index (χ2v) is 31.5. The van der Waals surface area contributed by atoms with E-state index < -0.39 is 254 Å². The lowest BCUT2D eigenvalue weighted by molar-refractivity contribution is -0.411. The molecule has 0 aromatic rings. The summed E-state index contributed by atoms with van der Waals surface area (Å²) in [5.74, 6) is 1.64. The van der Waals surface area contributed by atoms with E-state index in [0.29, 0.717) is 43.1 Å². The topological polar surface area (TPSA) is 532 Å². The van der Waals surface area contributed by atoms with Gasteiger partial charge in [0, 0.05) is 12.3 Å². The summed E-state index contributed by atoms with van der Waals surface area (Å²) in [7, 11) is 0. The van der Waals surface area contributed by atoms with Crippen LogP contribution in [0.5, 0.6) is 0 Å². The molecule has 0 radical (unpaired) electrons. The summed E-state index contributed by atoms with van der Waals surface area (Å²) in [6, 6.07) is 0. The number of hydrogen-bond donors (Lipinski definition) is 19. The molecule has 582 valence electrons. The van der Waals surface area contributed by atoms with Crippen LogP contribution in [0.1, 0.15) is 92.4 Å². The average Bonchev–Trinajstić information content (AvgIpc) is 1.55. The highest BCUT2D eigenvalue weighted by Crippen LogP contribution is 2.71. The molecule has 1 spiro atoms. The maximum absolute atomic E-state index is 12.9.